The second-order valence-electron chi connectivity index (χ2n) is 3.29. The van der Waals surface area contributed by atoms with Crippen LogP contribution in [0, 0.1) is 0 Å². The van der Waals surface area contributed by atoms with Crippen molar-refractivity contribution in [3.8, 4) is 0 Å². The lowest BCUT2D eigenvalue weighted by Crippen LogP contribution is -2.23. The average Bonchev–Trinajstić information content (AvgIpc) is 2.90. The largest absolute Gasteiger partial charge is 0.468 e. The third kappa shape index (κ3) is 2.83. The predicted octanol–water partition coefficient (Wildman–Crippen LogP) is -0.166. The van der Waals surface area contributed by atoms with Crippen LogP contribution < -0.4 is 16.0 Å². The van der Waals surface area contributed by atoms with Gasteiger partial charge in [-0.1, -0.05) is 0 Å². The first kappa shape index (κ1) is 12.5. The molecule has 9 heteroatoms. The van der Waals surface area contributed by atoms with Crippen LogP contribution >= 0.6 is 0 Å². The molecule has 0 aliphatic heterocycles. The molecule has 0 aliphatic rings. The Hall–Kier alpha value is -1.97. The lowest BCUT2D eigenvalue weighted by atomic mass is 10.5. The molecule has 96 valence electrons. The first-order valence-electron chi connectivity index (χ1n) is 4.92. The summed E-state index contributed by atoms with van der Waals surface area (Å²) in [6.07, 6.45) is 3.79. The molecule has 8 nitrogen and oxygen atoms in total. The normalized spacial score (nSPS) is 11.4. The molecule has 0 spiro atoms. The van der Waals surface area contributed by atoms with Crippen molar-refractivity contribution >= 4 is 16.0 Å². The summed E-state index contributed by atoms with van der Waals surface area (Å²) >= 11 is 0. The highest BCUT2D eigenvalue weighted by Gasteiger charge is 2.15. The molecular weight excluding hydrogens is 258 g/mol. The third-order valence-corrected chi connectivity index (χ3v) is 3.44. The summed E-state index contributed by atoms with van der Waals surface area (Å²) < 4.78 is 31.1. The quantitative estimate of drug-likeness (QED) is 0.508. The van der Waals surface area contributed by atoms with Crippen LogP contribution in [0.25, 0.3) is 0 Å². The number of anilines is 1. The van der Waals surface area contributed by atoms with Crippen LogP contribution in [0.2, 0.25) is 0 Å². The lowest BCUT2D eigenvalue weighted by molar-refractivity contribution is 0.498. The van der Waals surface area contributed by atoms with Gasteiger partial charge in [0.15, 0.2) is 0 Å². The van der Waals surface area contributed by atoms with Crippen LogP contribution in [0.4, 0.5) is 5.95 Å². The second kappa shape index (κ2) is 5.12. The Morgan fingerprint density at radius 2 is 2.06 bits per heavy atom. The van der Waals surface area contributed by atoms with Crippen LogP contribution in [-0.4, -0.2) is 18.4 Å². The zero-order chi connectivity index (χ0) is 13.0. The van der Waals surface area contributed by atoms with Gasteiger partial charge in [0.1, 0.15) is 10.7 Å². The van der Waals surface area contributed by atoms with E-state index in [-0.39, 0.29) is 17.4 Å². The van der Waals surface area contributed by atoms with Crippen molar-refractivity contribution in [2.75, 3.05) is 5.43 Å². The molecule has 0 aromatic carbocycles. The van der Waals surface area contributed by atoms with Crippen LogP contribution in [0.1, 0.15) is 5.76 Å². The highest BCUT2D eigenvalue weighted by molar-refractivity contribution is 7.89. The van der Waals surface area contributed by atoms with Crippen LogP contribution in [-0.2, 0) is 16.6 Å². The zero-order valence-electron chi connectivity index (χ0n) is 9.20. The van der Waals surface area contributed by atoms with Gasteiger partial charge < -0.3 is 4.42 Å². The number of rotatable bonds is 5. The maximum Gasteiger partial charge on any atom is 0.244 e. The fourth-order valence-electron chi connectivity index (χ4n) is 1.19. The number of furan rings is 1. The first-order chi connectivity index (χ1) is 8.62. The third-order valence-electron chi connectivity index (χ3n) is 2.08. The zero-order valence-corrected chi connectivity index (χ0v) is 10.0. The van der Waals surface area contributed by atoms with Crippen molar-refractivity contribution in [3.63, 3.8) is 0 Å². The van der Waals surface area contributed by atoms with E-state index in [2.05, 4.69) is 20.1 Å². The molecule has 4 N–H and O–H groups in total. The van der Waals surface area contributed by atoms with Gasteiger partial charge in [0, 0.05) is 0 Å². The van der Waals surface area contributed by atoms with Gasteiger partial charge >= 0.3 is 0 Å². The van der Waals surface area contributed by atoms with Crippen molar-refractivity contribution in [2.45, 2.75) is 11.4 Å². The van der Waals surface area contributed by atoms with Gasteiger partial charge in [-0.15, -0.1) is 0 Å². The monoisotopic (exact) mass is 269 g/mol. The van der Waals surface area contributed by atoms with E-state index < -0.39 is 10.0 Å². The van der Waals surface area contributed by atoms with Gasteiger partial charge in [0.05, 0.1) is 25.2 Å². The van der Waals surface area contributed by atoms with Gasteiger partial charge in [0.2, 0.25) is 16.0 Å². The van der Waals surface area contributed by atoms with E-state index in [1.54, 1.807) is 12.1 Å². The second-order valence-corrected chi connectivity index (χ2v) is 5.06. The molecule has 2 heterocycles. The van der Waals surface area contributed by atoms with E-state index in [0.717, 1.165) is 12.4 Å². The summed E-state index contributed by atoms with van der Waals surface area (Å²) in [5.74, 6) is 5.73. The minimum absolute atomic E-state index is 0.0481. The molecule has 0 bridgehead atoms. The Kier molecular flexibility index (Phi) is 3.55. The topological polar surface area (TPSA) is 123 Å². The smallest absolute Gasteiger partial charge is 0.244 e. The van der Waals surface area contributed by atoms with Gasteiger partial charge in [-0.25, -0.2) is 29.0 Å². The van der Waals surface area contributed by atoms with Gasteiger partial charge in [-0.3, -0.25) is 5.43 Å². The molecule has 0 amide bonds. The maximum atomic E-state index is 11.8. The van der Waals surface area contributed by atoms with E-state index in [0.29, 0.717) is 5.76 Å². The summed E-state index contributed by atoms with van der Waals surface area (Å²) in [4.78, 5) is 7.39. The molecule has 0 saturated heterocycles. The minimum Gasteiger partial charge on any atom is -0.468 e. The summed E-state index contributed by atoms with van der Waals surface area (Å²) in [6, 6.07) is 3.34. The van der Waals surface area contributed by atoms with Crippen LogP contribution in [0.5, 0.6) is 0 Å². The molecule has 0 saturated carbocycles. The average molecular weight is 269 g/mol. The molecule has 18 heavy (non-hydrogen) atoms. The van der Waals surface area contributed by atoms with Crippen LogP contribution in [0.3, 0.4) is 0 Å². The number of nitrogen functional groups attached to an aromatic ring is 1. The molecule has 0 aliphatic carbocycles. The Labute approximate surface area is 103 Å². The number of hydrazine groups is 1. The van der Waals surface area contributed by atoms with Crippen LogP contribution in [0.15, 0.2) is 40.1 Å². The number of aromatic nitrogens is 2. The molecular formula is C9H11N5O3S. The van der Waals surface area contributed by atoms with Crippen molar-refractivity contribution in [2.24, 2.45) is 5.84 Å². The SMILES string of the molecule is NNc1ncc(S(=O)(=O)NCc2ccco2)cn1. The van der Waals surface area contributed by atoms with E-state index in [9.17, 15) is 8.42 Å². The number of sulfonamides is 1. The maximum absolute atomic E-state index is 11.8. The molecule has 0 atom stereocenters. The fraction of sp³-hybridized carbons (Fsp3) is 0.111. The Bertz CT molecular complexity index is 594. The van der Waals surface area contributed by atoms with Crippen molar-refractivity contribution in [3.05, 3.63) is 36.5 Å². The standard InChI is InChI=1S/C9H11N5O3S/c10-14-9-11-5-8(6-12-9)18(15,16)13-4-7-2-1-3-17-7/h1-3,5-6,13H,4,10H2,(H,11,12,14). The summed E-state index contributed by atoms with van der Waals surface area (Å²) in [5.41, 5.74) is 2.21. The predicted molar refractivity (Wildman–Crippen MR) is 62.6 cm³/mol. The number of nitrogens with two attached hydrogens (primary N) is 1. The molecule has 2 aromatic rings. The molecule has 0 fully saturated rings. The van der Waals surface area contributed by atoms with E-state index in [1.165, 1.54) is 6.26 Å². The summed E-state index contributed by atoms with van der Waals surface area (Å²) in [7, 11) is -3.66. The van der Waals surface area contributed by atoms with E-state index in [1.807, 2.05) is 0 Å². The Morgan fingerprint density at radius 3 is 2.61 bits per heavy atom. The summed E-state index contributed by atoms with van der Waals surface area (Å²) in [5, 5.41) is 0. The van der Waals surface area contributed by atoms with Crippen molar-refractivity contribution < 1.29 is 12.8 Å². The van der Waals surface area contributed by atoms with E-state index in [4.69, 9.17) is 10.3 Å². The molecule has 2 rings (SSSR count). The number of hydrogen-bond donors (Lipinski definition) is 3. The highest BCUT2D eigenvalue weighted by Crippen LogP contribution is 2.08. The summed E-state index contributed by atoms with van der Waals surface area (Å²) in [6.45, 7) is 0.0617. The highest BCUT2D eigenvalue weighted by atomic mass is 32.2. The van der Waals surface area contributed by atoms with Gasteiger partial charge in [-0.2, -0.15) is 0 Å². The molecule has 0 unspecified atom stereocenters. The number of nitrogens with zero attached hydrogens (tertiary/aromatic N) is 2. The first-order valence-corrected chi connectivity index (χ1v) is 6.41. The van der Waals surface area contributed by atoms with Gasteiger partial charge in [0.25, 0.3) is 0 Å². The number of nitrogens with one attached hydrogen (secondary N) is 2. The Morgan fingerprint density at radius 1 is 1.33 bits per heavy atom. The molecule has 0 radical (unpaired) electrons. The number of hydrogen-bond acceptors (Lipinski definition) is 7. The van der Waals surface area contributed by atoms with E-state index >= 15 is 0 Å². The van der Waals surface area contributed by atoms with Crippen molar-refractivity contribution in [1.29, 1.82) is 0 Å². The lowest BCUT2D eigenvalue weighted by Gasteiger charge is -2.05. The Balaban J connectivity index is 2.09. The minimum atomic E-state index is -3.66. The van der Waals surface area contributed by atoms with Gasteiger partial charge in [-0.05, 0) is 12.1 Å². The molecule has 2 aromatic heterocycles. The van der Waals surface area contributed by atoms with Crippen molar-refractivity contribution in [1.82, 2.24) is 14.7 Å². The fourth-order valence-corrected chi connectivity index (χ4v) is 2.07.